The minimum Gasteiger partial charge on any atom is -0.488 e. The van der Waals surface area contributed by atoms with Crippen LogP contribution in [0.15, 0.2) is 24.7 Å². The minimum absolute atomic E-state index is 0.0457. The third-order valence-electron chi connectivity index (χ3n) is 4.78. The van der Waals surface area contributed by atoms with Crippen molar-refractivity contribution < 1.29 is 9.53 Å². The van der Waals surface area contributed by atoms with Gasteiger partial charge in [-0.3, -0.25) is 14.6 Å². The molecule has 1 amide bonds. The minimum atomic E-state index is -0.0457. The molecule has 3 aromatic heterocycles. The predicted molar refractivity (Wildman–Crippen MR) is 97.8 cm³/mol. The molecule has 1 atom stereocenters. The summed E-state index contributed by atoms with van der Waals surface area (Å²) in [6.07, 6.45) is 5.56. The van der Waals surface area contributed by atoms with Crippen molar-refractivity contribution in [3.8, 4) is 16.2 Å². The van der Waals surface area contributed by atoms with Crippen molar-refractivity contribution >= 4 is 22.9 Å². The molecule has 0 radical (unpaired) electrons. The Kier molecular flexibility index (Phi) is 3.49. The Labute approximate surface area is 153 Å². The maximum Gasteiger partial charge on any atom is 0.263 e. The van der Waals surface area contributed by atoms with E-state index in [4.69, 9.17) is 4.74 Å². The van der Waals surface area contributed by atoms with E-state index in [0.29, 0.717) is 24.6 Å². The van der Waals surface area contributed by atoms with Gasteiger partial charge in [-0.1, -0.05) is 0 Å². The summed E-state index contributed by atoms with van der Waals surface area (Å²) in [5, 5.41) is 14.4. The van der Waals surface area contributed by atoms with E-state index >= 15 is 0 Å². The third kappa shape index (κ3) is 2.38. The lowest BCUT2D eigenvalue weighted by atomic mass is 10.1. The van der Waals surface area contributed by atoms with Crippen molar-refractivity contribution in [3.05, 3.63) is 35.2 Å². The van der Waals surface area contributed by atoms with Crippen LogP contribution in [0.4, 0.5) is 5.69 Å². The van der Waals surface area contributed by atoms with E-state index in [1.807, 2.05) is 30.1 Å². The fraction of sp³-hybridized carbons (Fsp3) is 0.353. The van der Waals surface area contributed by atoms with Crippen LogP contribution in [0.3, 0.4) is 0 Å². The number of H-pyrrole nitrogens is 1. The molecule has 5 heterocycles. The first-order valence-corrected chi connectivity index (χ1v) is 9.36. The van der Waals surface area contributed by atoms with Gasteiger partial charge in [0.25, 0.3) is 5.91 Å². The molecule has 0 bridgehead atoms. The number of aryl methyl sites for hydroxylation is 1. The van der Waals surface area contributed by atoms with E-state index in [1.54, 1.807) is 6.20 Å². The summed E-state index contributed by atoms with van der Waals surface area (Å²) < 4.78 is 7.94. The number of nitrogens with zero attached hydrogens (tertiary/aromatic N) is 4. The summed E-state index contributed by atoms with van der Waals surface area (Å²) in [4.78, 5) is 16.6. The van der Waals surface area contributed by atoms with Crippen LogP contribution in [0.2, 0.25) is 0 Å². The number of aromatic nitrogens is 4. The Bertz CT molecular complexity index is 960. The van der Waals surface area contributed by atoms with Crippen LogP contribution in [0.1, 0.15) is 15.4 Å². The number of ether oxygens (including phenoxy) is 1. The normalized spacial score (nSPS) is 18.9. The number of aromatic amines is 1. The number of carbonyl (C=O) groups is 1. The van der Waals surface area contributed by atoms with E-state index in [2.05, 4.69) is 25.5 Å². The van der Waals surface area contributed by atoms with E-state index in [1.165, 1.54) is 11.3 Å². The lowest BCUT2D eigenvalue weighted by Gasteiger charge is -2.35. The van der Waals surface area contributed by atoms with E-state index in [-0.39, 0.29) is 11.9 Å². The van der Waals surface area contributed by atoms with Crippen LogP contribution < -0.4 is 15.0 Å². The van der Waals surface area contributed by atoms with Crippen LogP contribution in [0, 0.1) is 6.92 Å². The summed E-state index contributed by atoms with van der Waals surface area (Å²) >= 11 is 1.46. The average Bonchev–Trinajstić information content (AvgIpc) is 3.35. The topological polar surface area (TPSA) is 88.1 Å². The molecule has 0 aliphatic carbocycles. The molecule has 0 saturated heterocycles. The maximum atomic E-state index is 12.7. The zero-order valence-electron chi connectivity index (χ0n) is 14.2. The Morgan fingerprint density at radius 3 is 3.12 bits per heavy atom. The van der Waals surface area contributed by atoms with Crippen LogP contribution in [-0.4, -0.2) is 51.6 Å². The van der Waals surface area contributed by atoms with Gasteiger partial charge in [-0.2, -0.15) is 10.2 Å². The molecule has 0 fully saturated rings. The van der Waals surface area contributed by atoms with Crippen LogP contribution >= 0.6 is 11.3 Å². The molecule has 0 unspecified atom stereocenters. The van der Waals surface area contributed by atoms with Gasteiger partial charge in [-0.05, 0) is 13.0 Å². The standard InChI is InChI=1S/C17H18N6O2S/c1-10-2-3-22(21-10)9-12-8-18-17(24)16-13-14(25-5-4-23(12)13)15(26-16)11-6-19-20-7-11/h2-3,6-7,12H,4-5,8-9H2,1H3,(H,18,24)(H,19,20)/t12-/m0/s1. The van der Waals surface area contributed by atoms with Crippen molar-refractivity contribution in [2.24, 2.45) is 0 Å². The fourth-order valence-corrected chi connectivity index (χ4v) is 4.74. The van der Waals surface area contributed by atoms with Gasteiger partial charge < -0.3 is 15.0 Å². The van der Waals surface area contributed by atoms with Gasteiger partial charge in [0.1, 0.15) is 17.2 Å². The Morgan fingerprint density at radius 2 is 2.35 bits per heavy atom. The second-order valence-corrected chi connectivity index (χ2v) is 7.53. The highest BCUT2D eigenvalue weighted by molar-refractivity contribution is 7.18. The summed E-state index contributed by atoms with van der Waals surface area (Å²) in [6, 6.07) is 2.11. The average molecular weight is 370 g/mol. The molecule has 2 aliphatic rings. The second-order valence-electron chi connectivity index (χ2n) is 6.51. The quantitative estimate of drug-likeness (QED) is 0.732. The molecule has 0 saturated carbocycles. The molecule has 134 valence electrons. The summed E-state index contributed by atoms with van der Waals surface area (Å²) in [5.74, 6) is 0.743. The van der Waals surface area contributed by atoms with Gasteiger partial charge in [-0.15, -0.1) is 11.3 Å². The zero-order chi connectivity index (χ0) is 17.7. The fourth-order valence-electron chi connectivity index (χ4n) is 3.59. The molecule has 8 nitrogen and oxygen atoms in total. The zero-order valence-corrected chi connectivity index (χ0v) is 15.0. The number of carbonyl (C=O) groups excluding carboxylic acids is 1. The number of hydrogen-bond acceptors (Lipinski definition) is 6. The number of hydrogen-bond donors (Lipinski definition) is 2. The Morgan fingerprint density at radius 1 is 1.42 bits per heavy atom. The van der Waals surface area contributed by atoms with Gasteiger partial charge in [0, 0.05) is 24.5 Å². The molecular formula is C17H18N6O2S. The second kappa shape index (κ2) is 5.87. The van der Waals surface area contributed by atoms with E-state index in [0.717, 1.165) is 34.1 Å². The highest BCUT2D eigenvalue weighted by Crippen LogP contribution is 2.50. The van der Waals surface area contributed by atoms with Crippen molar-refractivity contribution in [1.29, 1.82) is 0 Å². The molecule has 3 aromatic rings. The molecule has 2 N–H and O–H groups in total. The monoisotopic (exact) mass is 370 g/mol. The molecule has 0 spiro atoms. The molecule has 0 aromatic carbocycles. The molecular weight excluding hydrogens is 352 g/mol. The highest BCUT2D eigenvalue weighted by Gasteiger charge is 2.37. The van der Waals surface area contributed by atoms with Crippen molar-refractivity contribution in [2.75, 3.05) is 24.6 Å². The number of thiophene rings is 1. The predicted octanol–water partition coefficient (Wildman–Crippen LogP) is 1.65. The van der Waals surface area contributed by atoms with Gasteiger partial charge in [0.2, 0.25) is 0 Å². The maximum absolute atomic E-state index is 12.7. The first-order valence-electron chi connectivity index (χ1n) is 8.54. The van der Waals surface area contributed by atoms with Gasteiger partial charge in [0.05, 0.1) is 35.9 Å². The van der Waals surface area contributed by atoms with Gasteiger partial charge in [-0.25, -0.2) is 0 Å². The number of rotatable bonds is 3. The third-order valence-corrected chi connectivity index (χ3v) is 5.99. The Balaban J connectivity index is 1.58. The SMILES string of the molecule is Cc1ccn(C[C@@H]2CNC(=O)c3sc(-c4cn[nH]c4)c4c3N2CCO4)n1. The number of amides is 1. The largest absolute Gasteiger partial charge is 0.488 e. The lowest BCUT2D eigenvalue weighted by Crippen LogP contribution is -2.47. The first kappa shape index (κ1) is 15.4. The van der Waals surface area contributed by atoms with Crippen LogP contribution in [0.25, 0.3) is 10.4 Å². The molecule has 26 heavy (non-hydrogen) atoms. The van der Waals surface area contributed by atoms with Crippen LogP contribution in [0.5, 0.6) is 5.75 Å². The molecule has 5 rings (SSSR count). The molecule has 9 heteroatoms. The van der Waals surface area contributed by atoms with Crippen LogP contribution in [-0.2, 0) is 6.54 Å². The van der Waals surface area contributed by atoms with Crippen molar-refractivity contribution in [3.63, 3.8) is 0 Å². The van der Waals surface area contributed by atoms with Gasteiger partial charge >= 0.3 is 0 Å². The smallest absolute Gasteiger partial charge is 0.263 e. The lowest BCUT2D eigenvalue weighted by molar-refractivity contribution is 0.0958. The number of nitrogens with one attached hydrogen (secondary N) is 2. The van der Waals surface area contributed by atoms with Crippen molar-refractivity contribution in [1.82, 2.24) is 25.3 Å². The van der Waals surface area contributed by atoms with E-state index < -0.39 is 0 Å². The van der Waals surface area contributed by atoms with E-state index in [9.17, 15) is 4.79 Å². The molecule has 2 aliphatic heterocycles. The Hall–Kier alpha value is -2.81. The summed E-state index contributed by atoms with van der Waals surface area (Å²) in [7, 11) is 0. The van der Waals surface area contributed by atoms with Gasteiger partial charge in [0.15, 0.2) is 5.75 Å². The summed E-state index contributed by atoms with van der Waals surface area (Å²) in [6.45, 7) is 4.62. The highest BCUT2D eigenvalue weighted by atomic mass is 32.1. The first-order chi connectivity index (χ1) is 12.7. The summed E-state index contributed by atoms with van der Waals surface area (Å²) in [5.41, 5.74) is 2.83. The van der Waals surface area contributed by atoms with Crippen molar-refractivity contribution in [2.45, 2.75) is 19.5 Å². The number of anilines is 1.